The first-order valence-electron chi connectivity index (χ1n) is 5.54. The van der Waals surface area contributed by atoms with Crippen molar-refractivity contribution in [2.24, 2.45) is 5.73 Å². The highest BCUT2D eigenvalue weighted by Gasteiger charge is 2.18. The zero-order valence-electron chi connectivity index (χ0n) is 10.4. The number of halogens is 2. The molecule has 21 heavy (non-hydrogen) atoms. The Morgan fingerprint density at radius 3 is 2.52 bits per heavy atom. The van der Waals surface area contributed by atoms with E-state index in [2.05, 4.69) is 4.98 Å². The predicted molar refractivity (Wildman–Crippen MR) is 77.3 cm³/mol. The molecule has 0 unspecified atom stereocenters. The summed E-state index contributed by atoms with van der Waals surface area (Å²) in [6.45, 7) is 0. The maximum Gasteiger partial charge on any atom is 0.263 e. The van der Waals surface area contributed by atoms with Crippen LogP contribution in [0.5, 0.6) is 0 Å². The van der Waals surface area contributed by atoms with Crippen LogP contribution in [0.25, 0.3) is 0 Å². The van der Waals surface area contributed by atoms with Crippen molar-refractivity contribution in [3.8, 4) is 0 Å². The van der Waals surface area contributed by atoms with E-state index in [4.69, 9.17) is 18.0 Å². The minimum Gasteiger partial charge on any atom is -0.388 e. The summed E-state index contributed by atoms with van der Waals surface area (Å²) >= 11 is 4.69. The Morgan fingerprint density at radius 2 is 1.95 bits per heavy atom. The molecule has 3 N–H and O–H groups in total. The van der Waals surface area contributed by atoms with Crippen molar-refractivity contribution in [1.82, 2.24) is 4.98 Å². The van der Waals surface area contributed by atoms with Crippen molar-refractivity contribution < 1.29 is 17.2 Å². The summed E-state index contributed by atoms with van der Waals surface area (Å²) in [6, 6.07) is 5.70. The fraction of sp³-hybridized carbons (Fsp3) is 0. The number of rotatable bonds is 4. The van der Waals surface area contributed by atoms with Crippen LogP contribution >= 0.6 is 12.2 Å². The SMILES string of the molecule is NC(=S)c1ccc(S(=O)(=O)Nc2cccc(F)c2F)cn1. The van der Waals surface area contributed by atoms with Gasteiger partial charge >= 0.3 is 0 Å². The van der Waals surface area contributed by atoms with Gasteiger partial charge in [-0.1, -0.05) is 18.3 Å². The largest absolute Gasteiger partial charge is 0.388 e. The average Bonchev–Trinajstić information content (AvgIpc) is 2.44. The van der Waals surface area contributed by atoms with Crippen molar-refractivity contribution in [1.29, 1.82) is 0 Å². The lowest BCUT2D eigenvalue weighted by Crippen LogP contribution is -2.16. The van der Waals surface area contributed by atoms with E-state index in [0.29, 0.717) is 0 Å². The van der Waals surface area contributed by atoms with Crippen LogP contribution in [0, 0.1) is 11.6 Å². The number of anilines is 1. The molecule has 0 saturated heterocycles. The monoisotopic (exact) mass is 329 g/mol. The Bertz CT molecular complexity index is 793. The molecule has 1 aromatic carbocycles. The molecule has 0 saturated carbocycles. The second-order valence-corrected chi connectivity index (χ2v) is 6.07. The Morgan fingerprint density at radius 1 is 1.24 bits per heavy atom. The normalized spacial score (nSPS) is 11.1. The number of hydrogen-bond acceptors (Lipinski definition) is 4. The minimum atomic E-state index is -4.10. The highest BCUT2D eigenvalue weighted by molar-refractivity contribution is 7.92. The zero-order chi connectivity index (χ0) is 15.6. The van der Waals surface area contributed by atoms with E-state index in [1.807, 2.05) is 4.72 Å². The predicted octanol–water partition coefficient (Wildman–Crippen LogP) is 1.79. The van der Waals surface area contributed by atoms with Crippen LogP contribution in [0.1, 0.15) is 5.69 Å². The molecule has 1 aromatic heterocycles. The van der Waals surface area contributed by atoms with Crippen molar-refractivity contribution in [2.45, 2.75) is 4.90 Å². The molecule has 110 valence electrons. The number of hydrogen-bond donors (Lipinski definition) is 2. The number of thiocarbonyl (C=S) groups is 1. The molecule has 0 spiro atoms. The van der Waals surface area contributed by atoms with E-state index < -0.39 is 27.3 Å². The van der Waals surface area contributed by atoms with E-state index in [9.17, 15) is 17.2 Å². The molecule has 2 rings (SSSR count). The van der Waals surface area contributed by atoms with Crippen LogP contribution in [0.15, 0.2) is 41.4 Å². The standard InChI is InChI=1S/C12H9F2N3O2S2/c13-8-2-1-3-9(11(8)14)17-21(18,19)7-4-5-10(12(15)20)16-6-7/h1-6,17H,(H2,15,20). The van der Waals surface area contributed by atoms with Gasteiger partial charge in [-0.05, 0) is 24.3 Å². The smallest absolute Gasteiger partial charge is 0.263 e. The maximum atomic E-state index is 13.5. The second kappa shape index (κ2) is 5.70. The van der Waals surface area contributed by atoms with Gasteiger partial charge in [-0.25, -0.2) is 17.2 Å². The summed E-state index contributed by atoms with van der Waals surface area (Å²) in [4.78, 5) is 3.56. The van der Waals surface area contributed by atoms with E-state index in [1.165, 1.54) is 18.2 Å². The van der Waals surface area contributed by atoms with E-state index in [-0.39, 0.29) is 15.6 Å². The first-order chi connectivity index (χ1) is 9.81. The third kappa shape index (κ3) is 3.31. The highest BCUT2D eigenvalue weighted by Crippen LogP contribution is 2.20. The van der Waals surface area contributed by atoms with E-state index >= 15 is 0 Å². The number of nitrogens with one attached hydrogen (secondary N) is 1. The molecule has 1 heterocycles. The third-order valence-electron chi connectivity index (χ3n) is 2.50. The lowest BCUT2D eigenvalue weighted by Gasteiger charge is -2.09. The van der Waals surface area contributed by atoms with Gasteiger partial charge in [-0.2, -0.15) is 0 Å². The van der Waals surface area contributed by atoms with Crippen molar-refractivity contribution >= 4 is 32.9 Å². The van der Waals surface area contributed by atoms with Crippen LogP contribution in [-0.2, 0) is 10.0 Å². The van der Waals surface area contributed by atoms with E-state index in [1.54, 1.807) is 0 Å². The Hall–Kier alpha value is -2.13. The Kier molecular flexibility index (Phi) is 4.14. The molecule has 0 amide bonds. The quantitative estimate of drug-likeness (QED) is 0.836. The van der Waals surface area contributed by atoms with E-state index in [0.717, 1.165) is 18.3 Å². The van der Waals surface area contributed by atoms with Crippen molar-refractivity contribution in [3.05, 3.63) is 53.9 Å². The number of nitrogens with two attached hydrogens (primary N) is 1. The molecule has 5 nitrogen and oxygen atoms in total. The first kappa shape index (κ1) is 15.3. The van der Waals surface area contributed by atoms with Crippen molar-refractivity contribution in [2.75, 3.05) is 4.72 Å². The summed E-state index contributed by atoms with van der Waals surface area (Å²) in [5.41, 5.74) is 5.10. The molecule has 0 aliphatic heterocycles. The number of aromatic nitrogens is 1. The van der Waals surface area contributed by atoms with Crippen LogP contribution < -0.4 is 10.5 Å². The molecule has 9 heteroatoms. The van der Waals surface area contributed by atoms with Gasteiger partial charge in [0.1, 0.15) is 9.88 Å². The molecular weight excluding hydrogens is 320 g/mol. The number of pyridine rings is 1. The average molecular weight is 329 g/mol. The summed E-state index contributed by atoms with van der Waals surface area (Å²) in [7, 11) is -4.10. The first-order valence-corrected chi connectivity index (χ1v) is 7.43. The van der Waals surface area contributed by atoms with Gasteiger partial charge in [-0.15, -0.1) is 0 Å². The summed E-state index contributed by atoms with van der Waals surface area (Å²) in [6.07, 6.45) is 1.02. The van der Waals surface area contributed by atoms with Gasteiger partial charge in [0.05, 0.1) is 11.4 Å². The summed E-state index contributed by atoms with van der Waals surface area (Å²) in [5, 5.41) is 0. The molecule has 0 radical (unpaired) electrons. The number of benzene rings is 1. The molecular formula is C12H9F2N3O2S2. The van der Waals surface area contributed by atoms with Gasteiger partial charge in [0.15, 0.2) is 11.6 Å². The molecule has 0 aliphatic carbocycles. The summed E-state index contributed by atoms with van der Waals surface area (Å²) in [5.74, 6) is -2.44. The summed E-state index contributed by atoms with van der Waals surface area (Å²) < 4.78 is 52.5. The van der Waals surface area contributed by atoms with Crippen LogP contribution in [0.4, 0.5) is 14.5 Å². The van der Waals surface area contributed by atoms with Gasteiger partial charge in [0, 0.05) is 6.20 Å². The molecule has 0 aliphatic rings. The molecule has 0 bridgehead atoms. The van der Waals surface area contributed by atoms with Gasteiger partial charge in [0.2, 0.25) is 0 Å². The fourth-order valence-corrected chi connectivity index (χ4v) is 2.60. The Labute approximate surface area is 124 Å². The molecule has 2 aromatic rings. The van der Waals surface area contributed by atoms with Crippen molar-refractivity contribution in [3.63, 3.8) is 0 Å². The molecule has 0 atom stereocenters. The van der Waals surface area contributed by atoms with Gasteiger partial charge in [0.25, 0.3) is 10.0 Å². The Balaban J connectivity index is 2.34. The maximum absolute atomic E-state index is 13.5. The second-order valence-electron chi connectivity index (χ2n) is 3.95. The van der Waals surface area contributed by atoms with Crippen LogP contribution in [0.3, 0.4) is 0 Å². The minimum absolute atomic E-state index is 0.0167. The topological polar surface area (TPSA) is 85.1 Å². The highest BCUT2D eigenvalue weighted by atomic mass is 32.2. The van der Waals surface area contributed by atoms with Gasteiger partial charge < -0.3 is 5.73 Å². The zero-order valence-corrected chi connectivity index (χ0v) is 12.0. The van der Waals surface area contributed by atoms with Crippen LogP contribution in [-0.4, -0.2) is 18.4 Å². The third-order valence-corrected chi connectivity index (χ3v) is 4.05. The lowest BCUT2D eigenvalue weighted by molar-refractivity contribution is 0.511. The molecule has 0 fully saturated rings. The number of nitrogens with zero attached hydrogens (tertiary/aromatic N) is 1. The number of sulfonamides is 1. The fourth-order valence-electron chi connectivity index (χ4n) is 1.47. The lowest BCUT2D eigenvalue weighted by atomic mass is 10.3. The van der Waals surface area contributed by atoms with Crippen LogP contribution in [0.2, 0.25) is 0 Å². The van der Waals surface area contributed by atoms with Gasteiger partial charge in [-0.3, -0.25) is 9.71 Å².